The van der Waals surface area contributed by atoms with Crippen LogP contribution < -0.4 is 0 Å². The first-order chi connectivity index (χ1) is 13.6. The van der Waals surface area contributed by atoms with Crippen LogP contribution in [0.5, 0.6) is 0 Å². The lowest BCUT2D eigenvalue weighted by atomic mass is 10.0. The summed E-state index contributed by atoms with van der Waals surface area (Å²) in [6.07, 6.45) is 0.727. The second-order valence-corrected chi connectivity index (χ2v) is 6.49. The maximum Gasteiger partial charge on any atom is 0.338 e. The first-order valence-corrected chi connectivity index (χ1v) is 9.22. The van der Waals surface area contributed by atoms with Crippen molar-refractivity contribution in [2.75, 3.05) is 13.7 Å². The van der Waals surface area contributed by atoms with Gasteiger partial charge in [0.15, 0.2) is 0 Å². The van der Waals surface area contributed by atoms with Crippen LogP contribution in [0.2, 0.25) is 5.02 Å². The molecule has 0 fully saturated rings. The second kappa shape index (κ2) is 8.99. The fraction of sp³-hybridized carbons (Fsp3) is 0.238. The molecule has 2 aromatic carbocycles. The summed E-state index contributed by atoms with van der Waals surface area (Å²) in [5, 5.41) is 4.87. The summed E-state index contributed by atoms with van der Waals surface area (Å²) < 4.78 is 25.4. The van der Waals surface area contributed by atoms with Crippen LogP contribution in [0.1, 0.15) is 23.7 Å². The smallest absolute Gasteiger partial charge is 0.338 e. The van der Waals surface area contributed by atoms with Gasteiger partial charge in [0.25, 0.3) is 0 Å². The number of carbonyl (C=O) groups excluding carboxylic acids is 1. The van der Waals surface area contributed by atoms with Gasteiger partial charge >= 0.3 is 5.97 Å². The van der Waals surface area contributed by atoms with E-state index in [4.69, 9.17) is 21.1 Å². The summed E-state index contributed by atoms with van der Waals surface area (Å²) >= 11 is 6.67. The Balaban J connectivity index is 2.14. The van der Waals surface area contributed by atoms with Crippen molar-refractivity contribution in [3.8, 4) is 22.5 Å². The van der Waals surface area contributed by atoms with E-state index in [2.05, 4.69) is 5.10 Å². The molecule has 3 aromatic rings. The highest BCUT2D eigenvalue weighted by atomic mass is 35.5. The fourth-order valence-electron chi connectivity index (χ4n) is 2.85. The molecule has 1 aromatic heterocycles. The van der Waals surface area contributed by atoms with E-state index in [-0.39, 0.29) is 12.5 Å². The number of halogens is 2. The summed E-state index contributed by atoms with van der Waals surface area (Å²) in [4.78, 5) is 12.5. The molecule has 0 spiro atoms. The zero-order valence-electron chi connectivity index (χ0n) is 15.6. The minimum Gasteiger partial charge on any atom is -0.462 e. The zero-order chi connectivity index (χ0) is 20.1. The van der Waals surface area contributed by atoms with Gasteiger partial charge in [-0.2, -0.15) is 5.10 Å². The van der Waals surface area contributed by atoms with E-state index >= 15 is 0 Å². The molecule has 0 saturated carbocycles. The summed E-state index contributed by atoms with van der Waals surface area (Å²) in [5.41, 5.74) is 2.65. The topological polar surface area (TPSA) is 53.3 Å². The van der Waals surface area contributed by atoms with E-state index in [1.807, 2.05) is 13.0 Å². The minimum atomic E-state index is -0.429. The maximum atomic E-state index is 13.3. The predicted molar refractivity (Wildman–Crippen MR) is 106 cm³/mol. The van der Waals surface area contributed by atoms with E-state index in [9.17, 15) is 9.18 Å². The molecule has 0 aliphatic heterocycles. The Morgan fingerprint density at radius 1 is 1.18 bits per heavy atom. The average Bonchev–Trinajstić information content (AvgIpc) is 3.03. The molecular formula is C21H20ClFN2O3. The third kappa shape index (κ3) is 4.08. The van der Waals surface area contributed by atoms with Crippen LogP contribution in [0, 0.1) is 5.82 Å². The number of nitrogens with zero attached hydrogens (tertiary/aromatic N) is 2. The minimum absolute atomic E-state index is 0.134. The third-order valence-electron chi connectivity index (χ3n) is 4.10. The van der Waals surface area contributed by atoms with Crippen molar-refractivity contribution >= 4 is 17.6 Å². The molecule has 0 atom stereocenters. The second-order valence-electron chi connectivity index (χ2n) is 6.12. The molecule has 7 heteroatoms. The number of esters is 1. The van der Waals surface area contributed by atoms with Crippen molar-refractivity contribution in [3.05, 3.63) is 64.9 Å². The first-order valence-electron chi connectivity index (χ1n) is 8.84. The third-order valence-corrected chi connectivity index (χ3v) is 4.46. The lowest BCUT2D eigenvalue weighted by molar-refractivity contribution is 0.0506. The van der Waals surface area contributed by atoms with Gasteiger partial charge in [-0.1, -0.05) is 36.7 Å². The standard InChI is InChI=1S/C21H20ClFN2O3/c1-3-12-28-21(26)17-7-5-4-6-16(17)20-18(22)19(24-25(20)13-27-2)14-8-10-15(23)11-9-14/h4-11H,3,12-13H2,1-2H3. The number of aromatic nitrogens is 2. The van der Waals surface area contributed by atoms with Gasteiger partial charge in [0.1, 0.15) is 18.2 Å². The number of carbonyl (C=O) groups is 1. The van der Waals surface area contributed by atoms with Gasteiger partial charge < -0.3 is 9.47 Å². The Morgan fingerprint density at radius 3 is 2.57 bits per heavy atom. The number of benzene rings is 2. The van der Waals surface area contributed by atoms with Crippen molar-refractivity contribution in [2.24, 2.45) is 0 Å². The van der Waals surface area contributed by atoms with Crippen LogP contribution in [0.3, 0.4) is 0 Å². The monoisotopic (exact) mass is 402 g/mol. The SMILES string of the molecule is CCCOC(=O)c1ccccc1-c1c(Cl)c(-c2ccc(F)cc2)nn1COC. The summed E-state index contributed by atoms with van der Waals surface area (Å²) in [6.45, 7) is 2.40. The number of methoxy groups -OCH3 is 1. The van der Waals surface area contributed by atoms with E-state index < -0.39 is 5.97 Å². The molecule has 1 heterocycles. The van der Waals surface area contributed by atoms with Gasteiger partial charge in [-0.15, -0.1) is 0 Å². The molecule has 0 saturated heterocycles. The van der Waals surface area contributed by atoms with E-state index in [0.29, 0.717) is 39.7 Å². The Hall–Kier alpha value is -2.70. The predicted octanol–water partition coefficient (Wildman–Crippen LogP) is 5.18. The van der Waals surface area contributed by atoms with E-state index in [1.165, 1.54) is 12.1 Å². The Kier molecular flexibility index (Phi) is 6.44. The van der Waals surface area contributed by atoms with Crippen LogP contribution in [-0.2, 0) is 16.2 Å². The Labute approximate surface area is 167 Å². The lowest BCUT2D eigenvalue weighted by Gasteiger charge is -2.11. The van der Waals surface area contributed by atoms with Gasteiger partial charge in [-0.25, -0.2) is 13.9 Å². The van der Waals surface area contributed by atoms with Gasteiger partial charge in [0, 0.05) is 18.2 Å². The highest BCUT2D eigenvalue weighted by Gasteiger charge is 2.23. The Bertz CT molecular complexity index is 970. The molecule has 0 amide bonds. The number of ether oxygens (including phenoxy) is 2. The molecule has 28 heavy (non-hydrogen) atoms. The molecular weight excluding hydrogens is 383 g/mol. The zero-order valence-corrected chi connectivity index (χ0v) is 16.4. The first kappa shape index (κ1) is 20.0. The van der Waals surface area contributed by atoms with E-state index in [0.717, 1.165) is 6.42 Å². The molecule has 0 aliphatic rings. The van der Waals surface area contributed by atoms with Gasteiger partial charge in [0.2, 0.25) is 0 Å². The normalized spacial score (nSPS) is 10.9. The number of rotatable bonds is 7. The van der Waals surface area contributed by atoms with Gasteiger partial charge in [-0.3, -0.25) is 0 Å². The summed E-state index contributed by atoms with van der Waals surface area (Å²) in [5.74, 6) is -0.776. The molecule has 3 rings (SSSR count). The summed E-state index contributed by atoms with van der Waals surface area (Å²) in [6, 6.07) is 12.9. The average molecular weight is 403 g/mol. The highest BCUT2D eigenvalue weighted by Crippen LogP contribution is 2.38. The van der Waals surface area contributed by atoms with Crippen molar-refractivity contribution in [3.63, 3.8) is 0 Å². The van der Waals surface area contributed by atoms with Gasteiger partial charge in [-0.05, 0) is 36.8 Å². The van der Waals surface area contributed by atoms with Crippen molar-refractivity contribution < 1.29 is 18.7 Å². The van der Waals surface area contributed by atoms with Crippen molar-refractivity contribution in [2.45, 2.75) is 20.1 Å². The molecule has 0 radical (unpaired) electrons. The van der Waals surface area contributed by atoms with Crippen LogP contribution in [0.15, 0.2) is 48.5 Å². The molecule has 146 valence electrons. The fourth-order valence-corrected chi connectivity index (χ4v) is 3.19. The van der Waals surface area contributed by atoms with Crippen LogP contribution >= 0.6 is 11.6 Å². The summed E-state index contributed by atoms with van der Waals surface area (Å²) in [7, 11) is 1.54. The Morgan fingerprint density at radius 2 is 1.89 bits per heavy atom. The lowest BCUT2D eigenvalue weighted by Crippen LogP contribution is -2.10. The molecule has 0 bridgehead atoms. The number of hydrogen-bond acceptors (Lipinski definition) is 4. The van der Waals surface area contributed by atoms with Crippen molar-refractivity contribution in [1.82, 2.24) is 9.78 Å². The molecule has 0 N–H and O–H groups in total. The maximum absolute atomic E-state index is 13.3. The van der Waals surface area contributed by atoms with Crippen LogP contribution in [0.25, 0.3) is 22.5 Å². The van der Waals surface area contributed by atoms with E-state index in [1.54, 1.807) is 42.1 Å². The quantitative estimate of drug-likeness (QED) is 0.511. The van der Waals surface area contributed by atoms with Crippen LogP contribution in [-0.4, -0.2) is 29.5 Å². The van der Waals surface area contributed by atoms with Crippen LogP contribution in [0.4, 0.5) is 4.39 Å². The molecule has 0 unspecified atom stereocenters. The number of hydrogen-bond donors (Lipinski definition) is 0. The highest BCUT2D eigenvalue weighted by molar-refractivity contribution is 6.35. The molecule has 5 nitrogen and oxygen atoms in total. The largest absolute Gasteiger partial charge is 0.462 e. The van der Waals surface area contributed by atoms with Gasteiger partial charge in [0.05, 0.1) is 22.9 Å². The van der Waals surface area contributed by atoms with Crippen molar-refractivity contribution in [1.29, 1.82) is 0 Å². The molecule has 0 aliphatic carbocycles.